The molecule has 6 atom stereocenters. The van der Waals surface area contributed by atoms with E-state index in [1.165, 1.54) is 37.3 Å². The van der Waals surface area contributed by atoms with Gasteiger partial charge in [0.05, 0.1) is 6.61 Å². The largest absolute Gasteiger partial charge is 0.392 e. The van der Waals surface area contributed by atoms with Crippen LogP contribution in [0.25, 0.3) is 0 Å². The Morgan fingerprint density at radius 1 is 1.31 bits per heavy atom. The van der Waals surface area contributed by atoms with Crippen LogP contribution in [0.3, 0.4) is 0 Å². The summed E-state index contributed by atoms with van der Waals surface area (Å²) >= 11 is 0. The molecule has 0 spiro atoms. The number of carbonyl (C=O) groups is 1. The molecule has 0 bridgehead atoms. The molecule has 0 aromatic rings. The van der Waals surface area contributed by atoms with Gasteiger partial charge < -0.3 is 14.9 Å². The van der Waals surface area contributed by atoms with Crippen LogP contribution in [0.1, 0.15) is 59.3 Å². The molecule has 2 saturated carbocycles. The third-order valence-electron chi connectivity index (χ3n) is 8.15. The summed E-state index contributed by atoms with van der Waals surface area (Å²) < 4.78 is 5.85. The number of hydrogen-bond acceptors (Lipinski definition) is 4. The standard InChI is InChI=1S/C22H32O4/c1-13-6-7-16-20(2,3)8-5-9-21(16,4)15(13)11-22-17(24)10-14(12-23)18(25)19(22)26-22/h10,15-16,18-19,23,25H,1,5-9,11-12H2,2-4H3. The van der Waals surface area contributed by atoms with Crippen LogP contribution >= 0.6 is 0 Å². The topological polar surface area (TPSA) is 70.1 Å². The third kappa shape index (κ3) is 2.42. The number of aliphatic hydroxyl groups is 2. The van der Waals surface area contributed by atoms with E-state index in [4.69, 9.17) is 4.74 Å². The molecule has 4 rings (SSSR count). The molecule has 4 nitrogen and oxygen atoms in total. The first-order valence-corrected chi connectivity index (χ1v) is 10.0. The van der Waals surface area contributed by atoms with E-state index in [0.717, 1.165) is 6.42 Å². The van der Waals surface area contributed by atoms with E-state index in [1.807, 2.05) is 0 Å². The second-order valence-corrected chi connectivity index (χ2v) is 9.97. The lowest BCUT2D eigenvalue weighted by atomic mass is 9.46. The van der Waals surface area contributed by atoms with Crippen LogP contribution < -0.4 is 0 Å². The Morgan fingerprint density at radius 2 is 2.04 bits per heavy atom. The molecule has 26 heavy (non-hydrogen) atoms. The van der Waals surface area contributed by atoms with Crippen molar-refractivity contribution in [3.05, 3.63) is 23.8 Å². The predicted octanol–water partition coefficient (Wildman–Crippen LogP) is 3.18. The molecule has 0 amide bonds. The molecule has 6 unspecified atom stereocenters. The van der Waals surface area contributed by atoms with Crippen molar-refractivity contribution in [3.63, 3.8) is 0 Å². The zero-order valence-corrected chi connectivity index (χ0v) is 16.3. The Balaban J connectivity index is 1.65. The first kappa shape index (κ1) is 18.4. The Labute approximate surface area is 156 Å². The zero-order chi connectivity index (χ0) is 18.9. The van der Waals surface area contributed by atoms with Crippen molar-refractivity contribution in [2.24, 2.45) is 22.7 Å². The van der Waals surface area contributed by atoms with Gasteiger partial charge in [0.15, 0.2) is 11.4 Å². The molecule has 3 fully saturated rings. The summed E-state index contributed by atoms with van der Waals surface area (Å²) in [5.74, 6) is 0.775. The van der Waals surface area contributed by atoms with E-state index in [0.29, 0.717) is 23.3 Å². The number of fused-ring (bicyclic) bond motifs is 2. The van der Waals surface area contributed by atoms with Gasteiger partial charge in [-0.25, -0.2) is 0 Å². The quantitative estimate of drug-likeness (QED) is 0.599. The highest BCUT2D eigenvalue weighted by molar-refractivity contribution is 6.02. The minimum Gasteiger partial charge on any atom is -0.392 e. The van der Waals surface area contributed by atoms with Crippen molar-refractivity contribution in [2.45, 2.75) is 77.1 Å². The summed E-state index contributed by atoms with van der Waals surface area (Å²) in [5, 5.41) is 19.8. The fraction of sp³-hybridized carbons (Fsp3) is 0.773. The molecule has 2 N–H and O–H groups in total. The maximum atomic E-state index is 12.8. The van der Waals surface area contributed by atoms with Gasteiger partial charge in [-0.15, -0.1) is 0 Å². The number of rotatable bonds is 3. The minimum atomic E-state index is -0.905. The lowest BCUT2D eigenvalue weighted by Gasteiger charge is -2.58. The molecular weight excluding hydrogens is 328 g/mol. The summed E-state index contributed by atoms with van der Waals surface area (Å²) in [5.41, 5.74) is 1.16. The van der Waals surface area contributed by atoms with Crippen LogP contribution in [0.5, 0.6) is 0 Å². The third-order valence-corrected chi connectivity index (χ3v) is 8.15. The molecule has 1 heterocycles. The van der Waals surface area contributed by atoms with E-state index in [9.17, 15) is 15.0 Å². The molecule has 3 aliphatic carbocycles. The molecule has 0 radical (unpaired) electrons. The predicted molar refractivity (Wildman–Crippen MR) is 99.5 cm³/mol. The molecule has 1 saturated heterocycles. The van der Waals surface area contributed by atoms with Gasteiger partial charge in [0.1, 0.15) is 12.2 Å². The highest BCUT2D eigenvalue weighted by atomic mass is 16.6. The van der Waals surface area contributed by atoms with Gasteiger partial charge in [-0.2, -0.15) is 0 Å². The molecule has 144 valence electrons. The second kappa shape index (κ2) is 5.76. The van der Waals surface area contributed by atoms with Crippen molar-refractivity contribution in [1.82, 2.24) is 0 Å². The lowest BCUT2D eigenvalue weighted by Crippen LogP contribution is -2.51. The molecular formula is C22H32O4. The fourth-order valence-corrected chi connectivity index (χ4v) is 6.64. The fourth-order valence-electron chi connectivity index (χ4n) is 6.64. The van der Waals surface area contributed by atoms with Gasteiger partial charge in [-0.3, -0.25) is 4.79 Å². The number of ketones is 1. The van der Waals surface area contributed by atoms with E-state index in [-0.39, 0.29) is 23.7 Å². The van der Waals surface area contributed by atoms with Crippen LogP contribution in [0.2, 0.25) is 0 Å². The van der Waals surface area contributed by atoms with Gasteiger partial charge in [0, 0.05) is 0 Å². The summed E-state index contributed by atoms with van der Waals surface area (Å²) in [6.45, 7) is 11.3. The smallest absolute Gasteiger partial charge is 0.190 e. The summed E-state index contributed by atoms with van der Waals surface area (Å²) in [4.78, 5) is 12.8. The summed E-state index contributed by atoms with van der Waals surface area (Å²) in [6, 6.07) is 0. The van der Waals surface area contributed by atoms with E-state index >= 15 is 0 Å². The maximum Gasteiger partial charge on any atom is 0.190 e. The number of hydrogen-bond donors (Lipinski definition) is 2. The van der Waals surface area contributed by atoms with E-state index in [1.54, 1.807) is 0 Å². The maximum absolute atomic E-state index is 12.8. The average Bonchev–Trinajstić information content (AvgIpc) is 3.30. The van der Waals surface area contributed by atoms with Crippen molar-refractivity contribution in [3.8, 4) is 0 Å². The molecule has 1 aliphatic heterocycles. The highest BCUT2D eigenvalue weighted by Gasteiger charge is 2.69. The number of ether oxygens (including phenoxy) is 1. The van der Waals surface area contributed by atoms with Crippen LogP contribution in [0.15, 0.2) is 23.8 Å². The van der Waals surface area contributed by atoms with Crippen molar-refractivity contribution in [1.29, 1.82) is 0 Å². The Hall–Kier alpha value is -0.970. The van der Waals surface area contributed by atoms with E-state index in [2.05, 4.69) is 27.4 Å². The number of aliphatic hydroxyl groups excluding tert-OH is 2. The van der Waals surface area contributed by atoms with Crippen molar-refractivity contribution >= 4 is 5.78 Å². The van der Waals surface area contributed by atoms with Crippen molar-refractivity contribution < 1.29 is 19.7 Å². The van der Waals surface area contributed by atoms with Crippen LogP contribution in [0, 0.1) is 22.7 Å². The number of allylic oxidation sites excluding steroid dienone is 1. The molecule has 0 aromatic carbocycles. The van der Waals surface area contributed by atoms with Crippen LogP contribution in [-0.4, -0.2) is 40.4 Å². The van der Waals surface area contributed by atoms with Gasteiger partial charge in [-0.05, 0) is 66.4 Å². The Kier molecular flexibility index (Phi) is 4.08. The van der Waals surface area contributed by atoms with Gasteiger partial charge in [-0.1, -0.05) is 39.3 Å². The Morgan fingerprint density at radius 3 is 2.73 bits per heavy atom. The van der Waals surface area contributed by atoms with Gasteiger partial charge >= 0.3 is 0 Å². The summed E-state index contributed by atoms with van der Waals surface area (Å²) in [7, 11) is 0. The van der Waals surface area contributed by atoms with E-state index < -0.39 is 17.8 Å². The normalized spacial score (nSPS) is 47.0. The zero-order valence-electron chi connectivity index (χ0n) is 16.3. The second-order valence-electron chi connectivity index (χ2n) is 9.97. The van der Waals surface area contributed by atoms with Crippen molar-refractivity contribution in [2.75, 3.05) is 6.61 Å². The lowest BCUT2D eigenvalue weighted by molar-refractivity contribution is -0.122. The number of epoxide rings is 1. The molecule has 0 aromatic heterocycles. The SMILES string of the molecule is C=C1CCC2C(C)(C)CCCC2(C)C1CC12OC1C(O)C(CO)=CC2=O. The minimum absolute atomic E-state index is 0.0922. The average molecular weight is 360 g/mol. The highest BCUT2D eigenvalue weighted by Crippen LogP contribution is 2.64. The number of carbonyl (C=O) groups excluding carboxylic acids is 1. The van der Waals surface area contributed by atoms with Gasteiger partial charge in [0.2, 0.25) is 0 Å². The van der Waals surface area contributed by atoms with Crippen LogP contribution in [-0.2, 0) is 9.53 Å². The summed E-state index contributed by atoms with van der Waals surface area (Å²) in [6.07, 6.45) is 6.49. The monoisotopic (exact) mass is 360 g/mol. The Bertz CT molecular complexity index is 678. The first-order chi connectivity index (χ1) is 12.2. The van der Waals surface area contributed by atoms with Crippen LogP contribution in [0.4, 0.5) is 0 Å². The first-order valence-electron chi connectivity index (χ1n) is 10.0. The molecule has 4 heteroatoms. The molecule has 4 aliphatic rings. The van der Waals surface area contributed by atoms with Gasteiger partial charge in [0.25, 0.3) is 0 Å².